The lowest BCUT2D eigenvalue weighted by molar-refractivity contribution is -0.154. The molecule has 0 saturated carbocycles. The van der Waals surface area contributed by atoms with Crippen molar-refractivity contribution in [1.29, 1.82) is 0 Å². The van der Waals surface area contributed by atoms with E-state index >= 15 is 0 Å². The summed E-state index contributed by atoms with van der Waals surface area (Å²) in [4.78, 5) is 14.6. The fourth-order valence-electron chi connectivity index (χ4n) is 2.93. The summed E-state index contributed by atoms with van der Waals surface area (Å²) in [5, 5.41) is 10.5. The molecule has 1 N–H and O–H groups in total. The molecule has 1 saturated heterocycles. The van der Waals surface area contributed by atoms with Gasteiger partial charge in [-0.1, -0.05) is 60.7 Å². The van der Waals surface area contributed by atoms with E-state index in [1.54, 1.807) is 17.0 Å². The van der Waals surface area contributed by atoms with Crippen molar-refractivity contribution in [2.45, 2.75) is 25.2 Å². The number of aliphatic hydroxyl groups is 1. The lowest BCUT2D eigenvalue weighted by Crippen LogP contribution is -2.48. The predicted octanol–water partition coefficient (Wildman–Crippen LogP) is 2.71. The van der Waals surface area contributed by atoms with Crippen LogP contribution in [0.5, 0.6) is 0 Å². The minimum atomic E-state index is -1.15. The molecular weight excluding hydrogens is 290 g/mol. The standard InChI is InChI=1S/C19H21NO3/c1-14-12-20(17(13-23-14)15-8-4-2-5-9-15)19(22)18(21)16-10-6-3-7-11-16/h2-11,14,17-18,21H,12-13H2,1H3. The van der Waals surface area contributed by atoms with Crippen molar-refractivity contribution < 1.29 is 14.6 Å². The van der Waals surface area contributed by atoms with Gasteiger partial charge in [0.25, 0.3) is 5.91 Å². The molecule has 3 rings (SSSR count). The van der Waals surface area contributed by atoms with Gasteiger partial charge in [0, 0.05) is 6.54 Å². The van der Waals surface area contributed by atoms with Crippen molar-refractivity contribution >= 4 is 5.91 Å². The molecule has 1 heterocycles. The number of hydrogen-bond acceptors (Lipinski definition) is 3. The molecule has 4 nitrogen and oxygen atoms in total. The first-order valence-electron chi connectivity index (χ1n) is 7.87. The zero-order valence-electron chi connectivity index (χ0n) is 13.1. The fraction of sp³-hybridized carbons (Fsp3) is 0.316. The second-order valence-electron chi connectivity index (χ2n) is 5.87. The Balaban J connectivity index is 1.86. The number of nitrogens with zero attached hydrogens (tertiary/aromatic N) is 1. The van der Waals surface area contributed by atoms with E-state index in [-0.39, 0.29) is 18.1 Å². The molecule has 3 unspecified atom stereocenters. The van der Waals surface area contributed by atoms with Crippen molar-refractivity contribution in [3.8, 4) is 0 Å². The Morgan fingerprint density at radius 3 is 2.39 bits per heavy atom. The van der Waals surface area contributed by atoms with Crippen molar-refractivity contribution in [3.05, 3.63) is 71.8 Å². The zero-order valence-corrected chi connectivity index (χ0v) is 13.1. The van der Waals surface area contributed by atoms with Crippen LogP contribution in [0.2, 0.25) is 0 Å². The second-order valence-corrected chi connectivity index (χ2v) is 5.87. The van der Waals surface area contributed by atoms with Gasteiger partial charge in [0.05, 0.1) is 18.8 Å². The van der Waals surface area contributed by atoms with Crippen LogP contribution in [0.1, 0.15) is 30.2 Å². The Morgan fingerprint density at radius 2 is 1.74 bits per heavy atom. The van der Waals surface area contributed by atoms with Crippen molar-refractivity contribution in [3.63, 3.8) is 0 Å². The van der Waals surface area contributed by atoms with Gasteiger partial charge in [-0.05, 0) is 18.1 Å². The number of morpholine rings is 1. The van der Waals surface area contributed by atoms with Gasteiger partial charge in [-0.2, -0.15) is 0 Å². The summed E-state index contributed by atoms with van der Waals surface area (Å²) >= 11 is 0. The molecule has 2 aromatic carbocycles. The van der Waals surface area contributed by atoms with Crippen LogP contribution < -0.4 is 0 Å². The molecule has 1 aliphatic heterocycles. The SMILES string of the molecule is CC1CN(C(=O)C(O)c2ccccc2)C(c2ccccc2)CO1. The third-order valence-corrected chi connectivity index (χ3v) is 4.19. The monoisotopic (exact) mass is 311 g/mol. The molecular formula is C19H21NO3. The van der Waals surface area contributed by atoms with E-state index in [1.165, 1.54) is 0 Å². The summed E-state index contributed by atoms with van der Waals surface area (Å²) in [6.07, 6.45) is -1.19. The molecule has 23 heavy (non-hydrogen) atoms. The number of carbonyl (C=O) groups is 1. The van der Waals surface area contributed by atoms with Crippen LogP contribution in [0.25, 0.3) is 0 Å². The summed E-state index contributed by atoms with van der Waals surface area (Å²) in [5.74, 6) is -0.278. The van der Waals surface area contributed by atoms with E-state index in [2.05, 4.69) is 0 Å². The van der Waals surface area contributed by atoms with Crippen LogP contribution >= 0.6 is 0 Å². The Hall–Kier alpha value is -2.17. The number of amides is 1. The van der Waals surface area contributed by atoms with Gasteiger partial charge >= 0.3 is 0 Å². The fourth-order valence-corrected chi connectivity index (χ4v) is 2.93. The highest BCUT2D eigenvalue weighted by Crippen LogP contribution is 2.29. The van der Waals surface area contributed by atoms with E-state index < -0.39 is 6.10 Å². The van der Waals surface area contributed by atoms with Crippen molar-refractivity contribution in [2.75, 3.05) is 13.2 Å². The largest absolute Gasteiger partial charge is 0.378 e. The van der Waals surface area contributed by atoms with Crippen LogP contribution in [0.3, 0.4) is 0 Å². The number of rotatable bonds is 3. The van der Waals surface area contributed by atoms with Gasteiger partial charge in [0.2, 0.25) is 0 Å². The molecule has 0 aromatic heterocycles. The molecule has 2 aromatic rings. The van der Waals surface area contributed by atoms with Crippen LogP contribution in [-0.2, 0) is 9.53 Å². The molecule has 1 fully saturated rings. The van der Waals surface area contributed by atoms with Gasteiger partial charge in [0.1, 0.15) is 0 Å². The number of aliphatic hydroxyl groups excluding tert-OH is 1. The molecule has 0 spiro atoms. The average Bonchev–Trinajstić information content (AvgIpc) is 2.62. The van der Waals surface area contributed by atoms with Gasteiger partial charge in [-0.15, -0.1) is 0 Å². The van der Waals surface area contributed by atoms with E-state index in [4.69, 9.17) is 4.74 Å². The third kappa shape index (κ3) is 3.44. The summed E-state index contributed by atoms with van der Waals surface area (Å²) in [7, 11) is 0. The average molecular weight is 311 g/mol. The summed E-state index contributed by atoms with van der Waals surface area (Å²) in [6, 6.07) is 18.7. The van der Waals surface area contributed by atoms with Gasteiger partial charge < -0.3 is 14.7 Å². The van der Waals surface area contributed by atoms with Crippen LogP contribution in [0, 0.1) is 0 Å². The van der Waals surface area contributed by atoms with Gasteiger partial charge in [-0.25, -0.2) is 0 Å². The van der Waals surface area contributed by atoms with Crippen LogP contribution in [0.4, 0.5) is 0 Å². The summed E-state index contributed by atoms with van der Waals surface area (Å²) in [5.41, 5.74) is 1.64. The van der Waals surface area contributed by atoms with E-state index in [1.807, 2.05) is 55.5 Å². The van der Waals surface area contributed by atoms with E-state index in [0.717, 1.165) is 5.56 Å². The van der Waals surface area contributed by atoms with E-state index in [0.29, 0.717) is 18.7 Å². The first-order chi connectivity index (χ1) is 11.2. The van der Waals surface area contributed by atoms with Gasteiger partial charge in [0.15, 0.2) is 6.10 Å². The quantitative estimate of drug-likeness (QED) is 0.948. The molecule has 0 aliphatic carbocycles. The summed E-state index contributed by atoms with van der Waals surface area (Å²) in [6.45, 7) is 2.86. The normalized spacial score (nSPS) is 22.6. The van der Waals surface area contributed by atoms with Crippen molar-refractivity contribution in [1.82, 2.24) is 4.90 Å². The third-order valence-electron chi connectivity index (χ3n) is 4.19. The number of benzene rings is 2. The van der Waals surface area contributed by atoms with Crippen LogP contribution in [0.15, 0.2) is 60.7 Å². The lowest BCUT2D eigenvalue weighted by atomic mass is 10.0. The maximum absolute atomic E-state index is 12.8. The Kier molecular flexibility index (Phi) is 4.74. The molecule has 3 atom stereocenters. The topological polar surface area (TPSA) is 49.8 Å². The maximum Gasteiger partial charge on any atom is 0.256 e. The zero-order chi connectivity index (χ0) is 16.2. The smallest absolute Gasteiger partial charge is 0.256 e. The lowest BCUT2D eigenvalue weighted by Gasteiger charge is -2.40. The molecule has 4 heteroatoms. The molecule has 120 valence electrons. The minimum Gasteiger partial charge on any atom is -0.378 e. The molecule has 0 radical (unpaired) electrons. The number of ether oxygens (including phenoxy) is 1. The number of carbonyl (C=O) groups excluding carboxylic acids is 1. The first-order valence-corrected chi connectivity index (χ1v) is 7.87. The first kappa shape index (κ1) is 15.7. The second kappa shape index (κ2) is 6.94. The molecule has 1 aliphatic rings. The Morgan fingerprint density at radius 1 is 1.13 bits per heavy atom. The van der Waals surface area contributed by atoms with Gasteiger partial charge in [-0.3, -0.25) is 4.79 Å². The highest BCUT2D eigenvalue weighted by atomic mass is 16.5. The highest BCUT2D eigenvalue weighted by Gasteiger charge is 2.34. The predicted molar refractivity (Wildman–Crippen MR) is 87.7 cm³/mol. The van der Waals surface area contributed by atoms with Crippen LogP contribution in [-0.4, -0.2) is 35.2 Å². The highest BCUT2D eigenvalue weighted by molar-refractivity contribution is 5.82. The Labute approximate surface area is 136 Å². The molecule has 0 bridgehead atoms. The number of hydrogen-bond donors (Lipinski definition) is 1. The maximum atomic E-state index is 12.8. The molecule has 1 amide bonds. The van der Waals surface area contributed by atoms with E-state index in [9.17, 15) is 9.90 Å². The summed E-state index contributed by atoms with van der Waals surface area (Å²) < 4.78 is 5.74. The minimum absolute atomic E-state index is 0.0399. The van der Waals surface area contributed by atoms with Crippen molar-refractivity contribution in [2.24, 2.45) is 0 Å². The Bertz CT molecular complexity index is 644.